The number of hydrogen-bond acceptors (Lipinski definition) is 6. The van der Waals surface area contributed by atoms with Crippen molar-refractivity contribution in [3.8, 4) is 0 Å². The van der Waals surface area contributed by atoms with Gasteiger partial charge in [-0.05, 0) is 17.9 Å². The van der Waals surface area contributed by atoms with Crippen LogP contribution in [-0.4, -0.2) is 55.9 Å². The van der Waals surface area contributed by atoms with Crippen LogP contribution in [0.2, 0.25) is 0 Å². The maximum absolute atomic E-state index is 12.1. The summed E-state index contributed by atoms with van der Waals surface area (Å²) in [5.41, 5.74) is 5.70. The fraction of sp³-hybridized carbons (Fsp3) is 0.692. The largest absolute Gasteiger partial charge is 0.384 e. The summed E-state index contributed by atoms with van der Waals surface area (Å²) in [6, 6.07) is 1.45. The van der Waals surface area contributed by atoms with E-state index in [-0.39, 0.29) is 12.0 Å². The molecule has 1 saturated heterocycles. The summed E-state index contributed by atoms with van der Waals surface area (Å²) >= 11 is 0. The van der Waals surface area contributed by atoms with Gasteiger partial charge in [-0.15, -0.1) is 0 Å². The molecule has 124 valence electrons. The van der Waals surface area contributed by atoms with Crippen LogP contribution in [0.5, 0.6) is 0 Å². The molecule has 3 N–H and O–H groups in total. The normalized spacial score (nSPS) is 22.7. The minimum Gasteiger partial charge on any atom is -0.384 e. The molecular weight excluding hydrogens is 304 g/mol. The number of nitrogens with two attached hydrogens (primary N) is 1. The van der Waals surface area contributed by atoms with E-state index in [4.69, 9.17) is 5.73 Å². The number of nitrogens with zero attached hydrogens (tertiary/aromatic N) is 4. The molecule has 0 aliphatic carbocycles. The van der Waals surface area contributed by atoms with Crippen molar-refractivity contribution in [1.29, 1.82) is 0 Å². The van der Waals surface area contributed by atoms with Gasteiger partial charge in [-0.2, -0.15) is 22.4 Å². The van der Waals surface area contributed by atoms with Crippen LogP contribution in [0.15, 0.2) is 12.3 Å². The van der Waals surface area contributed by atoms with Crippen molar-refractivity contribution in [2.75, 3.05) is 37.8 Å². The lowest BCUT2D eigenvalue weighted by Crippen LogP contribution is -2.46. The van der Waals surface area contributed by atoms with E-state index in [9.17, 15) is 8.42 Å². The van der Waals surface area contributed by atoms with E-state index in [1.165, 1.54) is 18.4 Å². The maximum atomic E-state index is 12.1. The molecule has 2 heterocycles. The highest BCUT2D eigenvalue weighted by atomic mass is 32.2. The predicted molar refractivity (Wildman–Crippen MR) is 86.5 cm³/mol. The van der Waals surface area contributed by atoms with Gasteiger partial charge in [0.2, 0.25) is 5.95 Å². The van der Waals surface area contributed by atoms with Gasteiger partial charge in [-0.25, -0.2) is 4.98 Å². The van der Waals surface area contributed by atoms with Gasteiger partial charge in [0.05, 0.1) is 0 Å². The highest BCUT2D eigenvalue weighted by molar-refractivity contribution is 7.87. The fourth-order valence-corrected chi connectivity index (χ4v) is 3.45. The first-order chi connectivity index (χ1) is 10.2. The van der Waals surface area contributed by atoms with Gasteiger partial charge >= 0.3 is 0 Å². The second-order valence-corrected chi connectivity index (χ2v) is 8.02. The van der Waals surface area contributed by atoms with Crippen LogP contribution in [0.4, 0.5) is 11.8 Å². The van der Waals surface area contributed by atoms with Crippen LogP contribution in [0.1, 0.15) is 13.8 Å². The average molecular weight is 328 g/mol. The van der Waals surface area contributed by atoms with E-state index in [0.29, 0.717) is 30.8 Å². The monoisotopic (exact) mass is 328 g/mol. The lowest BCUT2D eigenvalue weighted by atomic mass is 9.92. The second kappa shape index (κ2) is 6.35. The minimum atomic E-state index is -3.47. The molecule has 0 aromatic carbocycles. The van der Waals surface area contributed by atoms with Crippen molar-refractivity contribution in [3.05, 3.63) is 12.3 Å². The van der Waals surface area contributed by atoms with E-state index >= 15 is 0 Å². The Bertz CT molecular complexity index is 619. The molecule has 9 heteroatoms. The van der Waals surface area contributed by atoms with Crippen molar-refractivity contribution in [2.45, 2.75) is 19.9 Å². The summed E-state index contributed by atoms with van der Waals surface area (Å²) in [4.78, 5) is 10.4. The number of nitrogen functional groups attached to an aromatic ring is 1. The Labute approximate surface area is 131 Å². The third kappa shape index (κ3) is 3.65. The second-order valence-electron chi connectivity index (χ2n) is 6.11. The molecular formula is C13H24N6O2S. The van der Waals surface area contributed by atoms with Gasteiger partial charge < -0.3 is 10.6 Å². The topological polar surface area (TPSA) is 104 Å². The van der Waals surface area contributed by atoms with Crippen molar-refractivity contribution < 1.29 is 8.42 Å². The summed E-state index contributed by atoms with van der Waals surface area (Å²) in [5.74, 6) is 1.46. The Kier molecular flexibility index (Phi) is 4.88. The van der Waals surface area contributed by atoms with Crippen LogP contribution in [0.25, 0.3) is 0 Å². The van der Waals surface area contributed by atoms with Gasteiger partial charge in [-0.3, -0.25) is 0 Å². The molecule has 0 radical (unpaired) electrons. The Morgan fingerprint density at radius 1 is 1.41 bits per heavy atom. The van der Waals surface area contributed by atoms with Crippen LogP contribution < -0.4 is 15.4 Å². The Morgan fingerprint density at radius 2 is 2.09 bits per heavy atom. The predicted octanol–water partition coefficient (Wildman–Crippen LogP) is -0.0844. The van der Waals surface area contributed by atoms with E-state index < -0.39 is 10.2 Å². The molecule has 0 amide bonds. The number of rotatable bonds is 5. The van der Waals surface area contributed by atoms with Crippen molar-refractivity contribution in [2.24, 2.45) is 11.8 Å². The van der Waals surface area contributed by atoms with Gasteiger partial charge in [0.15, 0.2) is 0 Å². The Hall–Kier alpha value is -1.45. The summed E-state index contributed by atoms with van der Waals surface area (Å²) in [6.07, 6.45) is 1.61. The molecule has 1 fully saturated rings. The van der Waals surface area contributed by atoms with Gasteiger partial charge in [-0.1, -0.05) is 13.8 Å². The van der Waals surface area contributed by atoms with E-state index in [1.54, 1.807) is 12.3 Å². The van der Waals surface area contributed by atoms with Crippen molar-refractivity contribution in [3.63, 3.8) is 0 Å². The lowest BCUT2D eigenvalue weighted by molar-refractivity contribution is 0.358. The highest BCUT2D eigenvalue weighted by Gasteiger charge is 2.38. The SMILES string of the molecule is CC(C)[C@@H]1CN(c2nccc(N)n2)C[C@H]1NS(=O)(=O)N(C)C. The Balaban J connectivity index is 2.20. The smallest absolute Gasteiger partial charge is 0.279 e. The van der Waals surface area contributed by atoms with Crippen molar-refractivity contribution in [1.82, 2.24) is 19.0 Å². The molecule has 0 unspecified atom stereocenters. The first-order valence-corrected chi connectivity index (χ1v) is 8.68. The van der Waals surface area contributed by atoms with E-state index in [1.807, 2.05) is 4.90 Å². The molecule has 1 aromatic heterocycles. The Morgan fingerprint density at radius 3 is 2.64 bits per heavy atom. The van der Waals surface area contributed by atoms with Crippen LogP contribution in [0.3, 0.4) is 0 Å². The third-order valence-electron chi connectivity index (χ3n) is 3.95. The molecule has 1 aromatic rings. The molecule has 2 atom stereocenters. The summed E-state index contributed by atoms with van der Waals surface area (Å²) in [6.45, 7) is 5.40. The number of hydrogen-bond donors (Lipinski definition) is 2. The zero-order valence-corrected chi connectivity index (χ0v) is 14.2. The zero-order chi connectivity index (χ0) is 16.5. The standard InChI is InChI=1S/C13H24N6O2S/c1-9(2)10-7-19(13-15-6-5-12(14)16-13)8-11(10)17-22(20,21)18(3)4/h5-6,9-11,17H,7-8H2,1-4H3,(H2,14,15,16)/t10-,11+/m0/s1. The zero-order valence-electron chi connectivity index (χ0n) is 13.4. The molecule has 0 spiro atoms. The summed E-state index contributed by atoms with van der Waals surface area (Å²) in [7, 11) is -0.442. The number of nitrogens with one attached hydrogen (secondary N) is 1. The first kappa shape index (κ1) is 16.9. The number of anilines is 2. The molecule has 8 nitrogen and oxygen atoms in total. The summed E-state index contributed by atoms with van der Waals surface area (Å²) < 4.78 is 28.1. The van der Waals surface area contributed by atoms with Gasteiger partial charge in [0, 0.05) is 39.4 Å². The molecule has 1 aliphatic heterocycles. The van der Waals surface area contributed by atoms with Crippen molar-refractivity contribution >= 4 is 22.0 Å². The van der Waals surface area contributed by atoms with Gasteiger partial charge in [0.25, 0.3) is 10.2 Å². The molecule has 2 rings (SSSR count). The van der Waals surface area contributed by atoms with E-state index in [2.05, 4.69) is 28.5 Å². The molecule has 0 saturated carbocycles. The van der Waals surface area contributed by atoms with Crippen LogP contribution in [0, 0.1) is 11.8 Å². The molecule has 0 bridgehead atoms. The number of aromatic nitrogens is 2. The first-order valence-electron chi connectivity index (χ1n) is 7.24. The lowest BCUT2D eigenvalue weighted by Gasteiger charge is -2.24. The van der Waals surface area contributed by atoms with E-state index in [0.717, 1.165) is 0 Å². The van der Waals surface area contributed by atoms with Crippen LogP contribution in [-0.2, 0) is 10.2 Å². The third-order valence-corrected chi connectivity index (χ3v) is 5.51. The fourth-order valence-electron chi connectivity index (χ4n) is 2.60. The highest BCUT2D eigenvalue weighted by Crippen LogP contribution is 2.27. The molecule has 1 aliphatic rings. The quantitative estimate of drug-likeness (QED) is 0.783. The maximum Gasteiger partial charge on any atom is 0.279 e. The average Bonchev–Trinajstić information content (AvgIpc) is 2.82. The minimum absolute atomic E-state index is 0.180. The summed E-state index contributed by atoms with van der Waals surface area (Å²) in [5, 5.41) is 0. The van der Waals surface area contributed by atoms with Gasteiger partial charge in [0.1, 0.15) is 5.82 Å². The molecule has 22 heavy (non-hydrogen) atoms. The van der Waals surface area contributed by atoms with Crippen LogP contribution >= 0.6 is 0 Å².